The van der Waals surface area contributed by atoms with E-state index in [-0.39, 0.29) is 24.9 Å². The van der Waals surface area contributed by atoms with E-state index in [0.717, 1.165) is 51.3 Å². The number of pyridine rings is 1. The molecule has 10 nitrogen and oxygen atoms in total. The molecule has 2 atom stereocenters. The molecule has 206 valence electrons. The van der Waals surface area contributed by atoms with E-state index < -0.39 is 17.6 Å². The van der Waals surface area contributed by atoms with Crippen LogP contribution in [0, 0.1) is 5.41 Å². The van der Waals surface area contributed by atoms with E-state index in [1.54, 1.807) is 11.1 Å². The van der Waals surface area contributed by atoms with Gasteiger partial charge in [0, 0.05) is 38.9 Å². The molecule has 3 fully saturated rings. The minimum Gasteiger partial charge on any atom is -0.462 e. The molecule has 1 spiro atoms. The zero-order valence-corrected chi connectivity index (χ0v) is 21.8. The molecule has 0 bridgehead atoms. The Balaban J connectivity index is 1.37. The van der Waals surface area contributed by atoms with Crippen LogP contribution in [0.15, 0.2) is 24.4 Å². The number of carbonyl (C=O) groups excluding carboxylic acids is 2. The number of rotatable bonds is 4. The van der Waals surface area contributed by atoms with Crippen LogP contribution in [0.1, 0.15) is 44.2 Å². The first-order valence-electron chi connectivity index (χ1n) is 13.7. The number of piperidine rings is 1. The summed E-state index contributed by atoms with van der Waals surface area (Å²) >= 11 is 0. The number of esters is 1. The highest BCUT2D eigenvalue weighted by Crippen LogP contribution is 2.38. The SMILES string of the molecule is O=C(CN1CCOCC1)N1CCCCC2(CCN(Cc3ccccn3)CC2)C(=O)OC[C@@H](O)[C@@H](O)CC1. The van der Waals surface area contributed by atoms with Gasteiger partial charge in [-0.15, -0.1) is 0 Å². The van der Waals surface area contributed by atoms with Crippen LogP contribution < -0.4 is 0 Å². The number of aliphatic hydroxyl groups is 2. The third-order valence-electron chi connectivity index (χ3n) is 8.03. The lowest BCUT2D eigenvalue weighted by atomic mass is 9.74. The lowest BCUT2D eigenvalue weighted by Gasteiger charge is -2.40. The molecule has 1 amide bonds. The summed E-state index contributed by atoms with van der Waals surface area (Å²) in [7, 11) is 0. The predicted octanol–water partition coefficient (Wildman–Crippen LogP) is 0.664. The molecule has 0 unspecified atom stereocenters. The van der Waals surface area contributed by atoms with Crippen molar-refractivity contribution >= 4 is 11.9 Å². The van der Waals surface area contributed by atoms with Gasteiger partial charge in [-0.2, -0.15) is 0 Å². The standard InChI is InChI=1S/C27H42N4O6/c32-23-6-12-31(25(34)20-30-15-17-36-18-16-30)11-4-2-7-27(26(35)37-21-24(23)33)8-13-29(14-9-27)19-22-5-1-3-10-28-22/h1,3,5,10,23-24,32-33H,2,4,6-9,11-21H2/t23-,24+/m0/s1. The summed E-state index contributed by atoms with van der Waals surface area (Å²) in [6.45, 7) is 6.05. The number of ether oxygens (including phenoxy) is 2. The molecule has 0 aliphatic carbocycles. The molecule has 37 heavy (non-hydrogen) atoms. The van der Waals surface area contributed by atoms with Gasteiger partial charge >= 0.3 is 5.97 Å². The van der Waals surface area contributed by atoms with Gasteiger partial charge in [0.15, 0.2) is 0 Å². The number of morpholine rings is 1. The van der Waals surface area contributed by atoms with Crippen molar-refractivity contribution in [3.8, 4) is 0 Å². The van der Waals surface area contributed by atoms with Crippen LogP contribution in [0.25, 0.3) is 0 Å². The minimum absolute atomic E-state index is 0.0309. The van der Waals surface area contributed by atoms with E-state index in [4.69, 9.17) is 9.47 Å². The number of amides is 1. The van der Waals surface area contributed by atoms with Gasteiger partial charge in [-0.1, -0.05) is 12.5 Å². The molecule has 0 radical (unpaired) electrons. The van der Waals surface area contributed by atoms with Crippen LogP contribution in [-0.2, 0) is 25.6 Å². The second kappa shape index (κ2) is 13.6. The highest BCUT2D eigenvalue weighted by atomic mass is 16.5. The van der Waals surface area contributed by atoms with Crippen molar-refractivity contribution in [3.63, 3.8) is 0 Å². The first kappa shape index (κ1) is 27.9. The average Bonchev–Trinajstić information content (AvgIpc) is 2.93. The number of aromatic nitrogens is 1. The first-order valence-corrected chi connectivity index (χ1v) is 13.7. The quantitative estimate of drug-likeness (QED) is 0.555. The molecule has 0 saturated carbocycles. The fourth-order valence-corrected chi connectivity index (χ4v) is 5.50. The Hall–Kier alpha value is -2.11. The fraction of sp³-hybridized carbons (Fsp3) is 0.741. The maximum absolute atomic E-state index is 13.3. The summed E-state index contributed by atoms with van der Waals surface area (Å²) in [5.41, 5.74) is 0.400. The maximum atomic E-state index is 13.3. The molecule has 1 aromatic heterocycles. The Morgan fingerprint density at radius 3 is 2.49 bits per heavy atom. The van der Waals surface area contributed by atoms with Crippen LogP contribution in [0.5, 0.6) is 0 Å². The highest BCUT2D eigenvalue weighted by molar-refractivity contribution is 5.78. The number of hydrogen-bond donors (Lipinski definition) is 2. The van der Waals surface area contributed by atoms with Gasteiger partial charge in [0.05, 0.1) is 37.0 Å². The average molecular weight is 519 g/mol. The number of nitrogens with zero attached hydrogens (tertiary/aromatic N) is 4. The molecular formula is C27H42N4O6. The van der Waals surface area contributed by atoms with Crippen molar-refractivity contribution in [3.05, 3.63) is 30.1 Å². The highest BCUT2D eigenvalue weighted by Gasteiger charge is 2.42. The second-order valence-electron chi connectivity index (χ2n) is 10.6. The third kappa shape index (κ3) is 7.94. The summed E-state index contributed by atoms with van der Waals surface area (Å²) in [6.07, 6.45) is 3.41. The molecule has 10 heteroatoms. The largest absolute Gasteiger partial charge is 0.462 e. The second-order valence-corrected chi connectivity index (χ2v) is 10.6. The van der Waals surface area contributed by atoms with Crippen molar-refractivity contribution in [2.75, 3.05) is 65.6 Å². The van der Waals surface area contributed by atoms with Crippen LogP contribution in [0.2, 0.25) is 0 Å². The van der Waals surface area contributed by atoms with Crippen molar-refractivity contribution < 1.29 is 29.3 Å². The molecule has 3 saturated heterocycles. The van der Waals surface area contributed by atoms with E-state index in [1.165, 1.54) is 0 Å². The van der Waals surface area contributed by atoms with Gasteiger partial charge in [-0.3, -0.25) is 24.4 Å². The molecule has 4 heterocycles. The summed E-state index contributed by atoms with van der Waals surface area (Å²) in [4.78, 5) is 37.0. The Morgan fingerprint density at radius 1 is 0.973 bits per heavy atom. The van der Waals surface area contributed by atoms with E-state index >= 15 is 0 Å². The van der Waals surface area contributed by atoms with Gasteiger partial charge in [0.25, 0.3) is 0 Å². The van der Waals surface area contributed by atoms with E-state index in [0.29, 0.717) is 52.1 Å². The van der Waals surface area contributed by atoms with Gasteiger partial charge in [-0.05, 0) is 57.3 Å². The molecule has 3 aliphatic rings. The molecule has 2 N–H and O–H groups in total. The summed E-state index contributed by atoms with van der Waals surface area (Å²) in [5.74, 6) is -0.251. The predicted molar refractivity (Wildman–Crippen MR) is 136 cm³/mol. The first-order chi connectivity index (χ1) is 17.9. The number of likely N-dealkylation sites (tertiary alicyclic amines) is 1. The maximum Gasteiger partial charge on any atom is 0.312 e. The van der Waals surface area contributed by atoms with E-state index in [9.17, 15) is 19.8 Å². The van der Waals surface area contributed by atoms with Crippen molar-refractivity contribution in [2.24, 2.45) is 5.41 Å². The topological polar surface area (TPSA) is 116 Å². The minimum atomic E-state index is -1.18. The third-order valence-corrected chi connectivity index (χ3v) is 8.03. The molecule has 3 aliphatic heterocycles. The number of cyclic esters (lactones) is 1. The summed E-state index contributed by atoms with van der Waals surface area (Å²) < 4.78 is 11.0. The Kier molecular flexibility index (Phi) is 10.3. The van der Waals surface area contributed by atoms with Gasteiger partial charge in [-0.25, -0.2) is 0 Å². The van der Waals surface area contributed by atoms with Crippen molar-refractivity contribution in [1.29, 1.82) is 0 Å². The van der Waals surface area contributed by atoms with Crippen LogP contribution in [0.4, 0.5) is 0 Å². The van der Waals surface area contributed by atoms with Crippen molar-refractivity contribution in [1.82, 2.24) is 19.7 Å². The fourth-order valence-electron chi connectivity index (χ4n) is 5.50. The van der Waals surface area contributed by atoms with Crippen LogP contribution >= 0.6 is 0 Å². The zero-order chi connectivity index (χ0) is 26.1. The lowest BCUT2D eigenvalue weighted by molar-refractivity contribution is -0.165. The number of hydrogen-bond acceptors (Lipinski definition) is 9. The Morgan fingerprint density at radius 2 is 1.76 bits per heavy atom. The molecule has 1 aromatic rings. The van der Waals surface area contributed by atoms with Crippen LogP contribution in [-0.4, -0.2) is 120 Å². The molecule has 4 rings (SSSR count). The Bertz CT molecular complexity index is 858. The number of aliphatic hydroxyl groups excluding tert-OH is 2. The van der Waals surface area contributed by atoms with Gasteiger partial charge in [0.1, 0.15) is 12.7 Å². The van der Waals surface area contributed by atoms with Crippen molar-refractivity contribution in [2.45, 2.75) is 57.3 Å². The molecular weight excluding hydrogens is 476 g/mol. The van der Waals surface area contributed by atoms with E-state index in [2.05, 4.69) is 14.8 Å². The van der Waals surface area contributed by atoms with E-state index in [1.807, 2.05) is 18.2 Å². The lowest BCUT2D eigenvalue weighted by Crippen LogP contribution is -2.46. The smallest absolute Gasteiger partial charge is 0.312 e. The normalized spacial score (nSPS) is 27.1. The Labute approximate surface area is 219 Å². The van der Waals surface area contributed by atoms with Crippen LogP contribution in [0.3, 0.4) is 0 Å². The number of carbonyl (C=O) groups is 2. The molecule has 0 aromatic carbocycles. The zero-order valence-electron chi connectivity index (χ0n) is 21.8. The summed E-state index contributed by atoms with van der Waals surface area (Å²) in [5, 5.41) is 21.0. The van der Waals surface area contributed by atoms with Gasteiger partial charge in [0.2, 0.25) is 5.91 Å². The monoisotopic (exact) mass is 518 g/mol. The van der Waals surface area contributed by atoms with Gasteiger partial charge < -0.3 is 24.6 Å². The summed E-state index contributed by atoms with van der Waals surface area (Å²) in [6, 6.07) is 5.89.